The standard InChI is InChI=1S/C18H19ClN2O4/c1-24-15-9-12(10-16(11-15)25-2)18(23)20-8-7-17(22)21-14-5-3-13(19)4-6-14/h3-6,9-11H,7-8H2,1-2H3,(H,20,23)(H,21,22). The molecule has 2 rings (SSSR count). The molecular formula is C18H19ClN2O4. The van der Waals surface area contributed by atoms with Crippen LogP contribution in [0.3, 0.4) is 0 Å². The molecule has 0 aliphatic carbocycles. The lowest BCUT2D eigenvalue weighted by atomic mass is 10.2. The summed E-state index contributed by atoms with van der Waals surface area (Å²) in [6, 6.07) is 11.7. The average Bonchev–Trinajstić information content (AvgIpc) is 2.63. The average molecular weight is 363 g/mol. The van der Waals surface area contributed by atoms with Crippen LogP contribution in [-0.2, 0) is 4.79 Å². The van der Waals surface area contributed by atoms with Crippen LogP contribution in [0.4, 0.5) is 5.69 Å². The molecule has 2 aromatic carbocycles. The number of benzene rings is 2. The molecule has 0 bridgehead atoms. The smallest absolute Gasteiger partial charge is 0.251 e. The van der Waals surface area contributed by atoms with E-state index in [1.54, 1.807) is 42.5 Å². The molecule has 2 aromatic rings. The van der Waals surface area contributed by atoms with Gasteiger partial charge in [-0.1, -0.05) is 11.6 Å². The van der Waals surface area contributed by atoms with Crippen LogP contribution in [-0.4, -0.2) is 32.6 Å². The van der Waals surface area contributed by atoms with E-state index < -0.39 is 0 Å². The Morgan fingerprint density at radius 1 is 1.00 bits per heavy atom. The maximum Gasteiger partial charge on any atom is 0.251 e. The van der Waals surface area contributed by atoms with Crippen molar-refractivity contribution in [3.63, 3.8) is 0 Å². The van der Waals surface area contributed by atoms with Gasteiger partial charge in [0, 0.05) is 35.3 Å². The van der Waals surface area contributed by atoms with E-state index in [0.717, 1.165) is 0 Å². The van der Waals surface area contributed by atoms with Gasteiger partial charge >= 0.3 is 0 Å². The molecule has 25 heavy (non-hydrogen) atoms. The van der Waals surface area contributed by atoms with E-state index >= 15 is 0 Å². The highest BCUT2D eigenvalue weighted by Crippen LogP contribution is 2.22. The van der Waals surface area contributed by atoms with Crippen molar-refractivity contribution in [2.45, 2.75) is 6.42 Å². The SMILES string of the molecule is COc1cc(OC)cc(C(=O)NCCC(=O)Nc2ccc(Cl)cc2)c1. The molecule has 0 heterocycles. The van der Waals surface area contributed by atoms with Crippen molar-refractivity contribution in [2.24, 2.45) is 0 Å². The van der Waals surface area contributed by atoms with E-state index in [9.17, 15) is 9.59 Å². The third-order valence-electron chi connectivity index (χ3n) is 3.38. The minimum atomic E-state index is -0.309. The fourth-order valence-corrected chi connectivity index (χ4v) is 2.21. The first-order chi connectivity index (χ1) is 12.0. The first-order valence-corrected chi connectivity index (χ1v) is 7.96. The maximum absolute atomic E-state index is 12.2. The summed E-state index contributed by atoms with van der Waals surface area (Å²) >= 11 is 5.79. The van der Waals surface area contributed by atoms with Crippen molar-refractivity contribution in [3.05, 3.63) is 53.1 Å². The summed E-state index contributed by atoms with van der Waals surface area (Å²) in [5.41, 5.74) is 1.05. The molecule has 2 N–H and O–H groups in total. The molecule has 0 radical (unpaired) electrons. The number of carbonyl (C=O) groups is 2. The summed E-state index contributed by atoms with van der Waals surface area (Å²) < 4.78 is 10.3. The molecule has 6 nitrogen and oxygen atoms in total. The Kier molecular flexibility index (Phi) is 6.65. The first-order valence-electron chi connectivity index (χ1n) is 7.58. The number of amides is 2. The zero-order chi connectivity index (χ0) is 18.2. The second-order valence-electron chi connectivity index (χ2n) is 5.16. The Hall–Kier alpha value is -2.73. The van der Waals surface area contributed by atoms with Crippen LogP contribution in [0.15, 0.2) is 42.5 Å². The topological polar surface area (TPSA) is 76.7 Å². The normalized spacial score (nSPS) is 10.0. The zero-order valence-corrected chi connectivity index (χ0v) is 14.7. The highest BCUT2D eigenvalue weighted by Gasteiger charge is 2.10. The highest BCUT2D eigenvalue weighted by molar-refractivity contribution is 6.30. The molecule has 0 aliphatic heterocycles. The van der Waals surface area contributed by atoms with Gasteiger partial charge in [0.2, 0.25) is 5.91 Å². The van der Waals surface area contributed by atoms with E-state index in [1.165, 1.54) is 14.2 Å². The van der Waals surface area contributed by atoms with Crippen molar-refractivity contribution in [1.29, 1.82) is 0 Å². The van der Waals surface area contributed by atoms with Crippen molar-refractivity contribution < 1.29 is 19.1 Å². The fraction of sp³-hybridized carbons (Fsp3) is 0.222. The minimum Gasteiger partial charge on any atom is -0.497 e. The van der Waals surface area contributed by atoms with Gasteiger partial charge in [-0.2, -0.15) is 0 Å². The Balaban J connectivity index is 1.85. The Labute approximate surface area is 151 Å². The maximum atomic E-state index is 12.2. The summed E-state index contributed by atoms with van der Waals surface area (Å²) in [5, 5.41) is 6.02. The van der Waals surface area contributed by atoms with Gasteiger partial charge in [0.25, 0.3) is 5.91 Å². The summed E-state index contributed by atoms with van der Waals surface area (Å²) in [6.07, 6.45) is 0.148. The number of methoxy groups -OCH3 is 2. The summed E-state index contributed by atoms with van der Waals surface area (Å²) in [4.78, 5) is 24.1. The lowest BCUT2D eigenvalue weighted by molar-refractivity contribution is -0.116. The molecule has 0 atom stereocenters. The lowest BCUT2D eigenvalue weighted by Gasteiger charge is -2.09. The molecule has 0 aliphatic rings. The molecule has 0 spiro atoms. The number of nitrogens with one attached hydrogen (secondary N) is 2. The zero-order valence-electron chi connectivity index (χ0n) is 14.0. The third-order valence-corrected chi connectivity index (χ3v) is 3.63. The summed E-state index contributed by atoms with van der Waals surface area (Å²) in [5.74, 6) is 0.525. The summed E-state index contributed by atoms with van der Waals surface area (Å²) in [7, 11) is 3.02. The van der Waals surface area contributed by atoms with Gasteiger partial charge in [0.05, 0.1) is 14.2 Å². The van der Waals surface area contributed by atoms with Crippen LogP contribution >= 0.6 is 11.6 Å². The number of hydrogen-bond donors (Lipinski definition) is 2. The number of halogens is 1. The predicted octanol–water partition coefficient (Wildman–Crippen LogP) is 3.12. The van der Waals surface area contributed by atoms with E-state index in [1.807, 2.05) is 0 Å². The van der Waals surface area contributed by atoms with Crippen LogP contribution in [0.5, 0.6) is 11.5 Å². The van der Waals surface area contributed by atoms with Crippen LogP contribution < -0.4 is 20.1 Å². The molecule has 0 saturated heterocycles. The Morgan fingerprint density at radius 3 is 2.16 bits per heavy atom. The fourth-order valence-electron chi connectivity index (χ4n) is 2.09. The van der Waals surface area contributed by atoms with E-state index in [4.69, 9.17) is 21.1 Å². The Bertz CT molecular complexity index is 725. The van der Waals surface area contributed by atoms with Gasteiger partial charge in [-0.15, -0.1) is 0 Å². The van der Waals surface area contributed by atoms with Gasteiger partial charge in [-0.05, 0) is 36.4 Å². The Morgan fingerprint density at radius 2 is 1.60 bits per heavy atom. The molecule has 0 aromatic heterocycles. The van der Waals surface area contributed by atoms with Crippen LogP contribution in [0.1, 0.15) is 16.8 Å². The second kappa shape index (κ2) is 8.94. The number of anilines is 1. The first kappa shape index (κ1) is 18.6. The van der Waals surface area contributed by atoms with Crippen LogP contribution in [0.2, 0.25) is 5.02 Å². The number of carbonyl (C=O) groups excluding carboxylic acids is 2. The molecule has 2 amide bonds. The van der Waals surface area contributed by atoms with Gasteiger partial charge in [0.1, 0.15) is 11.5 Å². The second-order valence-corrected chi connectivity index (χ2v) is 5.60. The molecule has 0 saturated carbocycles. The minimum absolute atomic E-state index is 0.148. The van der Waals surface area contributed by atoms with Crippen LogP contribution in [0.25, 0.3) is 0 Å². The molecule has 0 fully saturated rings. The van der Waals surface area contributed by atoms with Gasteiger partial charge < -0.3 is 20.1 Å². The third kappa shape index (κ3) is 5.69. The van der Waals surface area contributed by atoms with Crippen molar-refractivity contribution in [2.75, 3.05) is 26.1 Å². The lowest BCUT2D eigenvalue weighted by Crippen LogP contribution is -2.27. The van der Waals surface area contributed by atoms with Crippen LogP contribution in [0, 0.1) is 0 Å². The number of hydrogen-bond acceptors (Lipinski definition) is 4. The largest absolute Gasteiger partial charge is 0.497 e. The van der Waals surface area contributed by atoms with Crippen molar-refractivity contribution in [3.8, 4) is 11.5 Å². The van der Waals surface area contributed by atoms with E-state index in [0.29, 0.717) is 27.8 Å². The molecule has 7 heteroatoms. The number of rotatable bonds is 7. The van der Waals surface area contributed by atoms with Gasteiger partial charge in [-0.25, -0.2) is 0 Å². The highest BCUT2D eigenvalue weighted by atomic mass is 35.5. The van der Waals surface area contributed by atoms with Crippen molar-refractivity contribution >= 4 is 29.1 Å². The van der Waals surface area contributed by atoms with E-state index in [2.05, 4.69) is 10.6 Å². The number of ether oxygens (including phenoxy) is 2. The van der Waals surface area contributed by atoms with Gasteiger partial charge in [0.15, 0.2) is 0 Å². The monoisotopic (exact) mass is 362 g/mol. The molecular weight excluding hydrogens is 344 g/mol. The molecule has 0 unspecified atom stereocenters. The summed E-state index contributed by atoms with van der Waals surface area (Å²) in [6.45, 7) is 0.206. The quantitative estimate of drug-likeness (QED) is 0.793. The predicted molar refractivity (Wildman–Crippen MR) is 96.6 cm³/mol. The molecule has 132 valence electrons. The van der Waals surface area contributed by atoms with Gasteiger partial charge in [-0.3, -0.25) is 9.59 Å². The van der Waals surface area contributed by atoms with Crippen molar-refractivity contribution in [1.82, 2.24) is 5.32 Å². The van der Waals surface area contributed by atoms with E-state index in [-0.39, 0.29) is 24.8 Å².